The van der Waals surface area contributed by atoms with Crippen LogP contribution in [-0.2, 0) is 9.84 Å². The summed E-state index contributed by atoms with van der Waals surface area (Å²) in [4.78, 5) is 0. The fourth-order valence-electron chi connectivity index (χ4n) is 1.78. The minimum absolute atomic E-state index is 0.129. The van der Waals surface area contributed by atoms with Crippen molar-refractivity contribution in [1.29, 1.82) is 0 Å². The molecule has 4 nitrogen and oxygen atoms in total. The fourth-order valence-corrected chi connectivity index (χ4v) is 2.50. The quantitative estimate of drug-likeness (QED) is 0.713. The van der Waals surface area contributed by atoms with Crippen molar-refractivity contribution in [2.45, 2.75) is 39.3 Å². The van der Waals surface area contributed by atoms with Crippen molar-refractivity contribution in [1.82, 2.24) is 5.32 Å². The second kappa shape index (κ2) is 4.39. The first kappa shape index (κ1) is 12.9. The van der Waals surface area contributed by atoms with Gasteiger partial charge in [0.25, 0.3) is 0 Å². The molecular formula is C10H21NO3S. The lowest BCUT2D eigenvalue weighted by atomic mass is 9.64. The molecule has 0 heterocycles. The van der Waals surface area contributed by atoms with E-state index >= 15 is 0 Å². The zero-order valence-electron chi connectivity index (χ0n) is 9.66. The van der Waals surface area contributed by atoms with Crippen LogP contribution < -0.4 is 5.32 Å². The van der Waals surface area contributed by atoms with Crippen molar-refractivity contribution in [2.75, 3.05) is 18.1 Å². The van der Waals surface area contributed by atoms with E-state index in [1.165, 1.54) is 0 Å². The summed E-state index contributed by atoms with van der Waals surface area (Å²) in [5, 5.41) is 12.7. The van der Waals surface area contributed by atoms with Gasteiger partial charge in [-0.3, -0.25) is 0 Å². The van der Waals surface area contributed by atoms with Gasteiger partial charge in [0, 0.05) is 23.8 Å². The third kappa shape index (κ3) is 2.92. The number of nitrogens with one attached hydrogen (secondary N) is 1. The molecule has 1 fully saturated rings. The summed E-state index contributed by atoms with van der Waals surface area (Å²) in [6, 6.07) is 0.236. The maximum Gasteiger partial charge on any atom is 0.151 e. The summed E-state index contributed by atoms with van der Waals surface area (Å²) in [5.41, 5.74) is -0.129. The van der Waals surface area contributed by atoms with Crippen LogP contribution in [0.5, 0.6) is 0 Å². The standard InChI is InChI=1S/C10H21NO3S/c1-4-15(13,14)6-5-11-8-7-9(12)10(8,2)3/h8-9,11-12H,4-7H2,1-3H3. The molecule has 1 aliphatic rings. The van der Waals surface area contributed by atoms with Crippen LogP contribution in [0.1, 0.15) is 27.2 Å². The highest BCUT2D eigenvalue weighted by Crippen LogP contribution is 2.40. The van der Waals surface area contributed by atoms with Gasteiger partial charge in [0.15, 0.2) is 9.84 Å². The van der Waals surface area contributed by atoms with Crippen LogP contribution in [-0.4, -0.2) is 43.7 Å². The number of rotatable bonds is 5. The monoisotopic (exact) mass is 235 g/mol. The normalized spacial score (nSPS) is 29.9. The maximum absolute atomic E-state index is 11.2. The van der Waals surface area contributed by atoms with Crippen LogP contribution in [0.4, 0.5) is 0 Å². The molecular weight excluding hydrogens is 214 g/mol. The molecule has 2 unspecified atom stereocenters. The molecule has 0 saturated heterocycles. The van der Waals surface area contributed by atoms with Crippen molar-refractivity contribution < 1.29 is 13.5 Å². The summed E-state index contributed by atoms with van der Waals surface area (Å²) in [6.45, 7) is 6.13. The van der Waals surface area contributed by atoms with Crippen LogP contribution in [0.15, 0.2) is 0 Å². The second-order valence-electron chi connectivity index (χ2n) is 4.82. The van der Waals surface area contributed by atoms with Gasteiger partial charge in [-0.05, 0) is 6.42 Å². The van der Waals surface area contributed by atoms with Crippen LogP contribution >= 0.6 is 0 Å². The molecule has 2 N–H and O–H groups in total. The lowest BCUT2D eigenvalue weighted by Gasteiger charge is -2.49. The molecule has 0 aromatic rings. The Morgan fingerprint density at radius 2 is 2.07 bits per heavy atom. The predicted octanol–water partition coefficient (Wildman–Crippen LogP) is 0.170. The Morgan fingerprint density at radius 3 is 2.47 bits per heavy atom. The molecule has 0 amide bonds. The van der Waals surface area contributed by atoms with Crippen LogP contribution in [0.25, 0.3) is 0 Å². The fraction of sp³-hybridized carbons (Fsp3) is 1.00. The second-order valence-corrected chi connectivity index (χ2v) is 7.29. The maximum atomic E-state index is 11.2. The largest absolute Gasteiger partial charge is 0.392 e. The van der Waals surface area contributed by atoms with Gasteiger partial charge in [-0.2, -0.15) is 0 Å². The highest BCUT2D eigenvalue weighted by Gasteiger charge is 2.46. The number of aliphatic hydroxyl groups is 1. The summed E-state index contributed by atoms with van der Waals surface area (Å²) in [5.74, 6) is 0.386. The zero-order valence-corrected chi connectivity index (χ0v) is 10.5. The van der Waals surface area contributed by atoms with Gasteiger partial charge >= 0.3 is 0 Å². The summed E-state index contributed by atoms with van der Waals surface area (Å²) in [7, 11) is -2.88. The smallest absolute Gasteiger partial charge is 0.151 e. The van der Waals surface area contributed by atoms with Crippen LogP contribution in [0.3, 0.4) is 0 Å². The Bertz CT molecular complexity index is 311. The molecule has 0 bridgehead atoms. The molecule has 1 rings (SSSR count). The van der Waals surface area contributed by atoms with Gasteiger partial charge < -0.3 is 10.4 Å². The molecule has 15 heavy (non-hydrogen) atoms. The van der Waals surface area contributed by atoms with Crippen molar-refractivity contribution in [3.63, 3.8) is 0 Å². The Kier molecular flexibility index (Phi) is 3.79. The van der Waals surface area contributed by atoms with Gasteiger partial charge in [-0.15, -0.1) is 0 Å². The highest BCUT2D eigenvalue weighted by molar-refractivity contribution is 7.91. The number of aliphatic hydroxyl groups excluding tert-OH is 1. The van der Waals surface area contributed by atoms with E-state index in [9.17, 15) is 13.5 Å². The summed E-state index contributed by atoms with van der Waals surface area (Å²) < 4.78 is 22.4. The minimum atomic E-state index is -2.88. The third-order valence-corrected chi connectivity index (χ3v) is 5.17. The number of hydrogen-bond donors (Lipinski definition) is 2. The lowest BCUT2D eigenvalue weighted by molar-refractivity contribution is -0.0716. The SMILES string of the molecule is CCS(=O)(=O)CCNC1CC(O)C1(C)C. The summed E-state index contributed by atoms with van der Waals surface area (Å²) in [6.07, 6.45) is 0.455. The third-order valence-electron chi connectivity index (χ3n) is 3.46. The number of sulfone groups is 1. The van der Waals surface area contributed by atoms with Crippen LogP contribution in [0.2, 0.25) is 0 Å². The average Bonchev–Trinajstić information content (AvgIpc) is 2.16. The van der Waals surface area contributed by atoms with E-state index in [2.05, 4.69) is 5.32 Å². The first-order chi connectivity index (χ1) is 6.79. The van der Waals surface area contributed by atoms with E-state index in [-0.39, 0.29) is 29.1 Å². The predicted molar refractivity (Wildman–Crippen MR) is 60.5 cm³/mol. The first-order valence-electron chi connectivity index (χ1n) is 5.41. The first-order valence-corrected chi connectivity index (χ1v) is 7.23. The Morgan fingerprint density at radius 1 is 1.47 bits per heavy atom. The van der Waals surface area contributed by atoms with Gasteiger partial charge in [0.2, 0.25) is 0 Å². The summed E-state index contributed by atoms with van der Waals surface area (Å²) >= 11 is 0. The van der Waals surface area contributed by atoms with Crippen molar-refractivity contribution in [3.05, 3.63) is 0 Å². The Hall–Kier alpha value is -0.130. The van der Waals surface area contributed by atoms with E-state index in [1.54, 1.807) is 6.92 Å². The molecule has 1 saturated carbocycles. The van der Waals surface area contributed by atoms with E-state index in [4.69, 9.17) is 0 Å². The lowest BCUT2D eigenvalue weighted by Crippen LogP contribution is -2.60. The van der Waals surface area contributed by atoms with E-state index < -0.39 is 9.84 Å². The average molecular weight is 235 g/mol. The van der Waals surface area contributed by atoms with E-state index in [1.807, 2.05) is 13.8 Å². The van der Waals surface area contributed by atoms with Gasteiger partial charge in [0.05, 0.1) is 11.9 Å². The molecule has 0 aromatic heterocycles. The van der Waals surface area contributed by atoms with Crippen molar-refractivity contribution in [2.24, 2.45) is 5.41 Å². The topological polar surface area (TPSA) is 66.4 Å². The molecule has 0 spiro atoms. The van der Waals surface area contributed by atoms with Crippen molar-refractivity contribution >= 4 is 9.84 Å². The highest BCUT2D eigenvalue weighted by atomic mass is 32.2. The minimum Gasteiger partial charge on any atom is -0.392 e. The molecule has 90 valence electrons. The van der Waals surface area contributed by atoms with Gasteiger partial charge in [-0.25, -0.2) is 8.42 Å². The van der Waals surface area contributed by atoms with Crippen LogP contribution in [0, 0.1) is 5.41 Å². The molecule has 2 atom stereocenters. The molecule has 0 aromatic carbocycles. The molecule has 5 heteroatoms. The van der Waals surface area contributed by atoms with E-state index in [0.717, 1.165) is 6.42 Å². The molecule has 0 radical (unpaired) electrons. The Balaban J connectivity index is 2.29. The molecule has 1 aliphatic carbocycles. The van der Waals surface area contributed by atoms with Gasteiger partial charge in [0.1, 0.15) is 0 Å². The van der Waals surface area contributed by atoms with Crippen molar-refractivity contribution in [3.8, 4) is 0 Å². The zero-order chi connectivity index (χ0) is 11.7. The number of hydrogen-bond acceptors (Lipinski definition) is 4. The molecule has 0 aliphatic heterocycles. The van der Waals surface area contributed by atoms with E-state index in [0.29, 0.717) is 6.54 Å². The Labute approximate surface area is 92.0 Å². The van der Waals surface area contributed by atoms with Gasteiger partial charge in [-0.1, -0.05) is 20.8 Å².